The fraction of sp³-hybridized carbons (Fsp3) is 0.375. The molecule has 3 nitrogen and oxygen atoms in total. The average molecular weight is 348 g/mol. The molecule has 3 rings (SSSR count). The second kappa shape index (κ2) is 5.01. The number of para-hydroxylation sites is 1. The Balaban J connectivity index is 1.93. The topological polar surface area (TPSA) is 23.4 Å². The van der Waals surface area contributed by atoms with E-state index in [1.807, 2.05) is 24.4 Å². The highest BCUT2D eigenvalue weighted by molar-refractivity contribution is 9.10. The van der Waals surface area contributed by atoms with Crippen molar-refractivity contribution in [1.82, 2.24) is 4.57 Å². The van der Waals surface area contributed by atoms with Crippen molar-refractivity contribution >= 4 is 28.5 Å². The third-order valence-corrected chi connectivity index (χ3v) is 5.03. The van der Waals surface area contributed by atoms with Crippen molar-refractivity contribution in [1.29, 1.82) is 0 Å². The first-order valence-electron chi connectivity index (χ1n) is 7.09. The minimum Gasteiger partial charge on any atom is -0.399 e. The van der Waals surface area contributed by atoms with Gasteiger partial charge in [0, 0.05) is 28.0 Å². The molecule has 1 fully saturated rings. The molecule has 0 spiro atoms. The van der Waals surface area contributed by atoms with Crippen molar-refractivity contribution < 1.29 is 9.31 Å². The molecule has 21 heavy (non-hydrogen) atoms. The molecule has 5 heteroatoms. The summed E-state index contributed by atoms with van der Waals surface area (Å²) < 4.78 is 15.3. The van der Waals surface area contributed by atoms with Crippen molar-refractivity contribution in [3.8, 4) is 5.69 Å². The van der Waals surface area contributed by atoms with Crippen LogP contribution in [0.25, 0.3) is 5.69 Å². The first-order valence-corrected chi connectivity index (χ1v) is 7.88. The lowest BCUT2D eigenvalue weighted by molar-refractivity contribution is 0.00578. The van der Waals surface area contributed by atoms with Crippen LogP contribution < -0.4 is 5.46 Å². The molecule has 0 aliphatic carbocycles. The molecule has 1 aliphatic rings. The summed E-state index contributed by atoms with van der Waals surface area (Å²) in [4.78, 5) is 0. The maximum atomic E-state index is 6.11. The van der Waals surface area contributed by atoms with Crippen molar-refractivity contribution in [3.63, 3.8) is 0 Å². The summed E-state index contributed by atoms with van der Waals surface area (Å²) in [5, 5.41) is 0. The van der Waals surface area contributed by atoms with Crippen LogP contribution in [-0.4, -0.2) is 22.9 Å². The predicted octanol–water partition coefficient (Wildman–Crippen LogP) is 3.54. The Labute approximate surface area is 134 Å². The van der Waals surface area contributed by atoms with Crippen LogP contribution in [0.15, 0.2) is 47.2 Å². The van der Waals surface area contributed by atoms with Crippen molar-refractivity contribution in [2.24, 2.45) is 0 Å². The van der Waals surface area contributed by atoms with Gasteiger partial charge in [-0.1, -0.05) is 18.2 Å². The molecule has 0 N–H and O–H groups in total. The molecule has 0 atom stereocenters. The van der Waals surface area contributed by atoms with E-state index in [1.54, 1.807) is 0 Å². The van der Waals surface area contributed by atoms with E-state index in [2.05, 4.69) is 66.5 Å². The number of aromatic nitrogens is 1. The Morgan fingerprint density at radius 1 is 0.952 bits per heavy atom. The predicted molar refractivity (Wildman–Crippen MR) is 89.2 cm³/mol. The van der Waals surface area contributed by atoms with Gasteiger partial charge in [-0.2, -0.15) is 0 Å². The van der Waals surface area contributed by atoms with Gasteiger partial charge in [0.25, 0.3) is 0 Å². The zero-order valence-corrected chi connectivity index (χ0v) is 14.3. The molecule has 0 unspecified atom stereocenters. The normalized spacial score (nSPS) is 20.0. The van der Waals surface area contributed by atoms with Crippen LogP contribution in [0.2, 0.25) is 0 Å². The number of nitrogens with zero attached hydrogens (tertiary/aromatic N) is 1. The largest absolute Gasteiger partial charge is 0.497 e. The minimum absolute atomic E-state index is 0.327. The summed E-state index contributed by atoms with van der Waals surface area (Å²) in [6.45, 7) is 8.26. The molecule has 0 bridgehead atoms. The molecule has 1 aromatic carbocycles. The lowest BCUT2D eigenvalue weighted by Gasteiger charge is -2.32. The molecule has 1 saturated heterocycles. The van der Waals surface area contributed by atoms with Crippen LogP contribution in [0, 0.1) is 0 Å². The van der Waals surface area contributed by atoms with E-state index in [0.717, 1.165) is 15.6 Å². The van der Waals surface area contributed by atoms with Crippen LogP contribution in [0.5, 0.6) is 0 Å². The van der Waals surface area contributed by atoms with Gasteiger partial charge in [0.05, 0.1) is 11.2 Å². The third kappa shape index (κ3) is 2.58. The molecule has 2 heterocycles. The number of benzene rings is 1. The molecule has 1 aromatic heterocycles. The minimum atomic E-state index is -0.352. The van der Waals surface area contributed by atoms with Crippen molar-refractivity contribution in [2.45, 2.75) is 38.9 Å². The van der Waals surface area contributed by atoms with Crippen LogP contribution >= 0.6 is 15.9 Å². The van der Waals surface area contributed by atoms with Gasteiger partial charge in [0.15, 0.2) is 0 Å². The molecule has 1 aliphatic heterocycles. The first kappa shape index (κ1) is 14.9. The van der Waals surface area contributed by atoms with Gasteiger partial charge < -0.3 is 13.9 Å². The smallest absolute Gasteiger partial charge is 0.399 e. The van der Waals surface area contributed by atoms with Gasteiger partial charge in [0.1, 0.15) is 0 Å². The highest BCUT2D eigenvalue weighted by Crippen LogP contribution is 2.37. The lowest BCUT2D eigenvalue weighted by atomic mass is 9.81. The summed E-state index contributed by atoms with van der Waals surface area (Å²) in [5.74, 6) is 0. The second-order valence-corrected chi connectivity index (χ2v) is 7.25. The fourth-order valence-corrected chi connectivity index (χ4v) is 2.85. The Morgan fingerprint density at radius 3 is 2.10 bits per heavy atom. The van der Waals surface area contributed by atoms with E-state index in [1.165, 1.54) is 0 Å². The Kier molecular flexibility index (Phi) is 3.55. The summed E-state index contributed by atoms with van der Waals surface area (Å²) in [6, 6.07) is 10.2. The molecule has 0 radical (unpaired) electrons. The van der Waals surface area contributed by atoms with E-state index in [-0.39, 0.29) is 18.3 Å². The number of halogens is 1. The standard InChI is InChI=1S/C16H19BBrNO2/c1-15(2)16(3,4)21-17(20-15)13-10-19(11-14(13)18)12-8-6-5-7-9-12/h5-11H,1-4H3. The van der Waals surface area contributed by atoms with E-state index in [0.29, 0.717) is 0 Å². The van der Waals surface area contributed by atoms with Crippen LogP contribution in [0.3, 0.4) is 0 Å². The quantitative estimate of drug-likeness (QED) is 0.776. The third-order valence-electron chi connectivity index (χ3n) is 4.37. The SMILES string of the molecule is CC1(C)OB(c2cn(-c3ccccc3)cc2Br)OC1(C)C. The van der Waals surface area contributed by atoms with Crippen molar-refractivity contribution in [3.05, 3.63) is 47.2 Å². The van der Waals surface area contributed by atoms with Gasteiger partial charge in [-0.05, 0) is 55.8 Å². The van der Waals surface area contributed by atoms with Gasteiger partial charge >= 0.3 is 7.12 Å². The van der Waals surface area contributed by atoms with Crippen molar-refractivity contribution in [2.75, 3.05) is 0 Å². The van der Waals surface area contributed by atoms with E-state index < -0.39 is 0 Å². The summed E-state index contributed by atoms with van der Waals surface area (Å²) in [6.07, 6.45) is 4.09. The number of hydrogen-bond donors (Lipinski definition) is 0. The van der Waals surface area contributed by atoms with Gasteiger partial charge in [-0.3, -0.25) is 0 Å². The zero-order valence-electron chi connectivity index (χ0n) is 12.8. The summed E-state index contributed by atoms with van der Waals surface area (Å²) in [5.41, 5.74) is 1.47. The summed E-state index contributed by atoms with van der Waals surface area (Å²) >= 11 is 3.62. The van der Waals surface area contributed by atoms with Crippen LogP contribution in [-0.2, 0) is 9.31 Å². The molecule has 110 valence electrons. The van der Waals surface area contributed by atoms with Gasteiger partial charge in [0.2, 0.25) is 0 Å². The van der Waals surface area contributed by atoms with E-state index in [4.69, 9.17) is 9.31 Å². The van der Waals surface area contributed by atoms with Gasteiger partial charge in [-0.15, -0.1) is 0 Å². The summed E-state index contributed by atoms with van der Waals surface area (Å²) in [7, 11) is -0.352. The molecular formula is C16H19BBrNO2. The van der Waals surface area contributed by atoms with Gasteiger partial charge in [-0.25, -0.2) is 0 Å². The molecule has 0 saturated carbocycles. The zero-order chi connectivity index (χ0) is 15.3. The van der Waals surface area contributed by atoms with Crippen LogP contribution in [0.1, 0.15) is 27.7 Å². The average Bonchev–Trinajstić information content (AvgIpc) is 2.89. The number of rotatable bonds is 2. The lowest BCUT2D eigenvalue weighted by Crippen LogP contribution is -2.41. The Hall–Kier alpha value is -1.04. The monoisotopic (exact) mass is 347 g/mol. The highest BCUT2D eigenvalue weighted by Gasteiger charge is 2.52. The van der Waals surface area contributed by atoms with E-state index in [9.17, 15) is 0 Å². The first-order chi connectivity index (χ1) is 9.80. The second-order valence-electron chi connectivity index (χ2n) is 6.39. The maximum absolute atomic E-state index is 6.11. The fourth-order valence-electron chi connectivity index (χ4n) is 2.34. The Bertz CT molecular complexity index is 636. The Morgan fingerprint density at radius 2 is 1.52 bits per heavy atom. The molecular weight excluding hydrogens is 329 g/mol. The van der Waals surface area contributed by atoms with E-state index >= 15 is 0 Å². The maximum Gasteiger partial charge on any atom is 0.497 e. The molecule has 0 amide bonds. The van der Waals surface area contributed by atoms with Crippen LogP contribution in [0.4, 0.5) is 0 Å². The number of hydrogen-bond acceptors (Lipinski definition) is 2. The highest BCUT2D eigenvalue weighted by atomic mass is 79.9. The molecule has 2 aromatic rings.